The van der Waals surface area contributed by atoms with Gasteiger partial charge in [-0.1, -0.05) is 18.7 Å². The molecule has 2 unspecified atom stereocenters. The summed E-state index contributed by atoms with van der Waals surface area (Å²) < 4.78 is 28.6. The highest BCUT2D eigenvalue weighted by molar-refractivity contribution is 7.89. The lowest BCUT2D eigenvalue weighted by atomic mass is 10.1. The molecule has 1 aliphatic heterocycles. The smallest absolute Gasteiger partial charge is 0.258 e. The summed E-state index contributed by atoms with van der Waals surface area (Å²) in [5.41, 5.74) is 0.153. The van der Waals surface area contributed by atoms with Crippen LogP contribution in [0.4, 0.5) is 0 Å². The number of aromatic nitrogens is 1. The first-order valence-corrected chi connectivity index (χ1v) is 9.59. The molecule has 140 valence electrons. The zero-order valence-electron chi connectivity index (χ0n) is 14.2. The van der Waals surface area contributed by atoms with Gasteiger partial charge in [-0.2, -0.15) is 5.26 Å². The van der Waals surface area contributed by atoms with Crippen molar-refractivity contribution in [2.24, 2.45) is 5.14 Å². The highest BCUT2D eigenvalue weighted by atomic mass is 32.2. The molecule has 1 saturated heterocycles. The lowest BCUT2D eigenvalue weighted by Gasteiger charge is -2.12. The minimum absolute atomic E-state index is 0.0220. The van der Waals surface area contributed by atoms with E-state index < -0.39 is 21.5 Å². The van der Waals surface area contributed by atoms with Gasteiger partial charge in [0.25, 0.3) is 5.56 Å². The number of primary sulfonamides is 1. The Morgan fingerprint density at radius 1 is 1.33 bits per heavy atom. The molecule has 0 saturated carbocycles. The number of nitrogens with zero attached hydrogens (tertiary/aromatic N) is 1. The van der Waals surface area contributed by atoms with E-state index in [1.807, 2.05) is 0 Å². The van der Waals surface area contributed by atoms with Crippen LogP contribution >= 0.6 is 0 Å². The Hall–Kier alpha value is -2.93. The number of nitrogens with two attached hydrogens (primary N) is 1. The molecular weight excluding hydrogens is 370 g/mol. The van der Waals surface area contributed by atoms with E-state index in [2.05, 4.69) is 11.6 Å². The maximum Gasteiger partial charge on any atom is 0.258 e. The normalized spacial score (nSPS) is 20.5. The van der Waals surface area contributed by atoms with Crippen LogP contribution in [0, 0.1) is 11.3 Å². The van der Waals surface area contributed by atoms with Crippen LogP contribution in [0.5, 0.6) is 5.88 Å². The molecule has 1 aliphatic rings. The summed E-state index contributed by atoms with van der Waals surface area (Å²) in [6.45, 7) is 3.71. The van der Waals surface area contributed by atoms with Crippen LogP contribution in [-0.2, 0) is 14.8 Å². The number of H-pyrrole nitrogens is 1. The molecular formula is C18H17N3O5S. The third-order valence-corrected chi connectivity index (χ3v) is 5.37. The zero-order valence-corrected chi connectivity index (χ0v) is 15.0. The van der Waals surface area contributed by atoms with E-state index in [9.17, 15) is 18.3 Å². The van der Waals surface area contributed by atoms with Gasteiger partial charge in [-0.25, -0.2) is 13.6 Å². The van der Waals surface area contributed by atoms with Gasteiger partial charge in [0.05, 0.1) is 17.1 Å². The first-order chi connectivity index (χ1) is 12.7. The Morgan fingerprint density at radius 2 is 2.00 bits per heavy atom. The van der Waals surface area contributed by atoms with E-state index >= 15 is 0 Å². The molecule has 0 bridgehead atoms. The minimum atomic E-state index is -3.75. The van der Waals surface area contributed by atoms with Gasteiger partial charge in [-0.15, -0.1) is 0 Å². The number of hydrogen-bond donors (Lipinski definition) is 3. The van der Waals surface area contributed by atoms with E-state index in [0.717, 1.165) is 5.56 Å². The number of sulfonamides is 1. The number of rotatable bonds is 3. The number of ether oxygens (including phenoxy) is 1. The summed E-state index contributed by atoms with van der Waals surface area (Å²) in [6, 6.07) is 7.92. The van der Waals surface area contributed by atoms with Gasteiger partial charge < -0.3 is 9.84 Å². The molecule has 0 radical (unpaired) electrons. The average Bonchev–Trinajstić information content (AvgIpc) is 3.07. The minimum Gasteiger partial charge on any atom is -0.494 e. The van der Waals surface area contributed by atoms with Crippen molar-refractivity contribution < 1.29 is 18.3 Å². The number of aromatic amines is 1. The number of benzene rings is 1. The molecule has 2 aromatic rings. The summed E-state index contributed by atoms with van der Waals surface area (Å²) in [4.78, 5) is 14.3. The molecule has 4 N–H and O–H groups in total. The van der Waals surface area contributed by atoms with Gasteiger partial charge in [-0.05, 0) is 36.6 Å². The predicted molar refractivity (Wildman–Crippen MR) is 97.3 cm³/mol. The Balaban J connectivity index is 1.88. The third kappa shape index (κ3) is 3.78. The van der Waals surface area contributed by atoms with Crippen LogP contribution in [0.1, 0.15) is 30.1 Å². The Kier molecular flexibility index (Phi) is 4.89. The van der Waals surface area contributed by atoms with Crippen LogP contribution in [0.15, 0.2) is 34.0 Å². The molecule has 0 spiro atoms. The molecule has 3 rings (SSSR count). The molecule has 0 aliphatic carbocycles. The van der Waals surface area contributed by atoms with Gasteiger partial charge >= 0.3 is 0 Å². The molecule has 2 heterocycles. The summed E-state index contributed by atoms with van der Waals surface area (Å²) in [6.07, 6.45) is 2.23. The largest absolute Gasteiger partial charge is 0.494 e. The maximum absolute atomic E-state index is 12.1. The Morgan fingerprint density at radius 3 is 2.59 bits per heavy atom. The monoisotopic (exact) mass is 387 g/mol. The van der Waals surface area contributed by atoms with Gasteiger partial charge in [0.1, 0.15) is 11.6 Å². The highest BCUT2D eigenvalue weighted by Gasteiger charge is 2.25. The van der Waals surface area contributed by atoms with Crippen molar-refractivity contribution >= 4 is 22.7 Å². The molecule has 0 amide bonds. The standard InChI is InChI=1S/C18H17N3O5S/c1-10-14(17(22)21-18(23)15(10)9-19)8-12-4-7-16(26-12)11-2-5-13(6-3-11)27(20,24)25/h2-3,5-6,8,12,16,23H,1,4,7H2,(H,21,22)(H2,20,24,25)/b14-8-. The summed E-state index contributed by atoms with van der Waals surface area (Å²) >= 11 is 0. The first-order valence-electron chi connectivity index (χ1n) is 8.05. The lowest BCUT2D eigenvalue weighted by Crippen LogP contribution is -2.42. The van der Waals surface area contributed by atoms with Crippen molar-refractivity contribution in [2.45, 2.75) is 29.9 Å². The van der Waals surface area contributed by atoms with Gasteiger partial charge in [0.15, 0.2) is 0 Å². The quantitative estimate of drug-likeness (QED) is 0.660. The Bertz CT molecular complexity index is 1190. The second kappa shape index (κ2) is 7.00. The molecule has 8 nitrogen and oxygen atoms in total. The fraction of sp³-hybridized carbons (Fsp3) is 0.222. The van der Waals surface area contributed by atoms with Gasteiger partial charge in [0.2, 0.25) is 15.9 Å². The van der Waals surface area contributed by atoms with Crippen LogP contribution in [0.2, 0.25) is 0 Å². The summed E-state index contributed by atoms with van der Waals surface area (Å²) in [5, 5.41) is 24.1. The topological polar surface area (TPSA) is 146 Å². The van der Waals surface area contributed by atoms with Crippen LogP contribution < -0.4 is 21.1 Å². The van der Waals surface area contributed by atoms with Crippen LogP contribution in [0.25, 0.3) is 12.7 Å². The average molecular weight is 387 g/mol. The molecule has 2 atom stereocenters. The molecule has 1 fully saturated rings. The number of pyridine rings is 1. The Labute approximate surface area is 154 Å². The summed E-state index contributed by atoms with van der Waals surface area (Å²) in [5.74, 6) is -0.509. The zero-order chi connectivity index (χ0) is 19.8. The predicted octanol–water partition coefficient (Wildman–Crippen LogP) is -0.289. The van der Waals surface area contributed by atoms with E-state index in [0.29, 0.717) is 12.8 Å². The fourth-order valence-electron chi connectivity index (χ4n) is 3.04. The fourth-order valence-corrected chi connectivity index (χ4v) is 3.55. The van der Waals surface area contributed by atoms with Crippen molar-refractivity contribution in [3.05, 3.63) is 56.2 Å². The van der Waals surface area contributed by atoms with Crippen LogP contribution in [0.3, 0.4) is 0 Å². The van der Waals surface area contributed by atoms with Gasteiger partial charge in [0, 0.05) is 10.4 Å². The van der Waals surface area contributed by atoms with E-state index in [1.54, 1.807) is 24.3 Å². The van der Waals surface area contributed by atoms with E-state index in [-0.39, 0.29) is 33.1 Å². The number of nitrogens with one attached hydrogen (secondary N) is 1. The SMILES string of the molecule is C=c1c(C#N)c(O)[nH]c(=O)/c1=C\C1CCC(c2ccc(S(N)(=O)=O)cc2)O1. The second-order valence-corrected chi connectivity index (χ2v) is 7.76. The van der Waals surface area contributed by atoms with E-state index in [4.69, 9.17) is 15.1 Å². The number of aromatic hydroxyl groups is 1. The van der Waals surface area contributed by atoms with Crippen molar-refractivity contribution in [3.63, 3.8) is 0 Å². The number of nitriles is 1. The molecule has 9 heteroatoms. The molecule has 1 aromatic heterocycles. The highest BCUT2D eigenvalue weighted by Crippen LogP contribution is 2.33. The van der Waals surface area contributed by atoms with Crippen molar-refractivity contribution in [1.29, 1.82) is 5.26 Å². The molecule has 1 aromatic carbocycles. The third-order valence-electron chi connectivity index (χ3n) is 4.44. The molecule has 27 heavy (non-hydrogen) atoms. The van der Waals surface area contributed by atoms with Gasteiger partial charge in [-0.3, -0.25) is 9.78 Å². The van der Waals surface area contributed by atoms with Crippen molar-refractivity contribution in [2.75, 3.05) is 0 Å². The van der Waals surface area contributed by atoms with E-state index in [1.165, 1.54) is 12.1 Å². The maximum atomic E-state index is 12.1. The van der Waals surface area contributed by atoms with Crippen molar-refractivity contribution in [1.82, 2.24) is 4.98 Å². The second-order valence-electron chi connectivity index (χ2n) is 6.20. The first kappa shape index (κ1) is 18.8. The van der Waals surface area contributed by atoms with Crippen LogP contribution in [-0.4, -0.2) is 24.6 Å². The van der Waals surface area contributed by atoms with Crippen molar-refractivity contribution in [3.8, 4) is 11.9 Å². The number of hydrogen-bond acceptors (Lipinski definition) is 6. The lowest BCUT2D eigenvalue weighted by molar-refractivity contribution is 0.0789. The summed E-state index contributed by atoms with van der Waals surface area (Å²) in [7, 11) is -3.75.